The molecule has 240 valence electrons. The highest BCUT2D eigenvalue weighted by atomic mass is 16.5. The zero-order valence-electron chi connectivity index (χ0n) is 27.6. The smallest absolute Gasteiger partial charge is 0.305 e. The molecule has 46 heavy (non-hydrogen) atoms. The SMILES string of the molecule is COC(=O)CCC1=C(C)c2cc3[nH]c(cc4[nH]c(cc5nc(cc1n2)C(CCC(=O)OC)=C5C)/c(=C(/C)O)c4C)/c(=C(/C)O)c3C. The average Bonchev–Trinajstić information content (AvgIpc) is 3.67. The predicted octanol–water partition coefficient (Wildman–Crippen LogP) is 6.07. The normalized spacial score (nSPS) is 14.4. The number of hydrogen-bond acceptors (Lipinski definition) is 8. The number of aromatic amines is 2. The molecule has 3 aromatic heterocycles. The summed E-state index contributed by atoms with van der Waals surface area (Å²) in [4.78, 5) is 41.3. The van der Waals surface area contributed by atoms with Crippen molar-refractivity contribution in [2.24, 2.45) is 0 Å². The van der Waals surface area contributed by atoms with E-state index in [2.05, 4.69) is 9.97 Å². The van der Waals surface area contributed by atoms with Gasteiger partial charge in [-0.3, -0.25) is 9.59 Å². The zero-order valence-corrected chi connectivity index (χ0v) is 27.6. The number of aromatic nitrogens is 4. The maximum atomic E-state index is 12.2. The number of esters is 2. The third-order valence-corrected chi connectivity index (χ3v) is 8.87. The van der Waals surface area contributed by atoms with Crippen molar-refractivity contribution in [3.8, 4) is 0 Å². The maximum absolute atomic E-state index is 12.2. The Hall–Kier alpha value is -5.12. The molecule has 0 atom stereocenters. The minimum Gasteiger partial charge on any atom is -0.512 e. The maximum Gasteiger partial charge on any atom is 0.305 e. The molecule has 2 aliphatic rings. The molecule has 0 saturated carbocycles. The predicted molar refractivity (Wildman–Crippen MR) is 181 cm³/mol. The van der Waals surface area contributed by atoms with E-state index in [1.807, 2.05) is 52.0 Å². The van der Waals surface area contributed by atoms with Crippen LogP contribution in [0.5, 0.6) is 0 Å². The number of hydrogen-bond donors (Lipinski definition) is 4. The van der Waals surface area contributed by atoms with Crippen molar-refractivity contribution in [1.82, 2.24) is 19.9 Å². The van der Waals surface area contributed by atoms with E-state index in [0.29, 0.717) is 57.1 Å². The Kier molecular flexibility index (Phi) is 8.92. The highest BCUT2D eigenvalue weighted by Crippen LogP contribution is 2.37. The summed E-state index contributed by atoms with van der Waals surface area (Å²) in [6, 6.07) is 7.68. The molecule has 10 nitrogen and oxygen atoms in total. The number of allylic oxidation sites excluding steroid dienone is 4. The van der Waals surface area contributed by atoms with Gasteiger partial charge in [0.15, 0.2) is 0 Å². The first-order valence-electron chi connectivity index (χ1n) is 15.2. The number of nitrogens with zero attached hydrogens (tertiary/aromatic N) is 2. The quantitative estimate of drug-likeness (QED) is 0.241. The van der Waals surface area contributed by atoms with Crippen LogP contribution in [0.25, 0.3) is 55.9 Å². The molecule has 0 spiro atoms. The molecular weight excluding hydrogens is 584 g/mol. The monoisotopic (exact) mass is 624 g/mol. The van der Waals surface area contributed by atoms with Crippen LogP contribution in [-0.2, 0) is 19.1 Å². The van der Waals surface area contributed by atoms with E-state index in [1.165, 1.54) is 14.2 Å². The summed E-state index contributed by atoms with van der Waals surface area (Å²) in [7, 11) is 2.74. The molecule has 0 saturated heterocycles. The van der Waals surface area contributed by atoms with Crippen LogP contribution in [0.15, 0.2) is 24.3 Å². The number of aryl methyl sites for hydroxylation is 2. The van der Waals surface area contributed by atoms with Crippen molar-refractivity contribution in [2.75, 3.05) is 14.2 Å². The molecule has 3 aromatic rings. The van der Waals surface area contributed by atoms with Crippen molar-refractivity contribution in [3.05, 3.63) is 68.6 Å². The standard InChI is InChI=1S/C36H40N4O6/c1-17-23(9-11-33(43)45-7)29-16-30-24(10-12-34(44)46-8)18(2)26(38-30)14-31-36(22(6)42)20(4)28(40-31)15-32-35(21(5)41)19(3)27(39-32)13-25(17)37-29/h13-16,39-42H,9-12H2,1-8H3/b25-13?,30-16?,31-14?,32-15?,35-21-,36-22-. The van der Waals surface area contributed by atoms with E-state index >= 15 is 0 Å². The van der Waals surface area contributed by atoms with Crippen LogP contribution in [0.4, 0.5) is 0 Å². The highest BCUT2D eigenvalue weighted by molar-refractivity contribution is 5.96. The van der Waals surface area contributed by atoms with E-state index in [1.54, 1.807) is 13.8 Å². The molecule has 5 rings (SSSR count). The van der Waals surface area contributed by atoms with Gasteiger partial charge in [-0.1, -0.05) is 0 Å². The lowest BCUT2D eigenvalue weighted by molar-refractivity contribution is -0.141. The second-order valence-electron chi connectivity index (χ2n) is 11.8. The van der Waals surface area contributed by atoms with Crippen LogP contribution >= 0.6 is 0 Å². The molecule has 5 heterocycles. The molecule has 0 unspecified atom stereocenters. The molecular formula is C36H40N4O6. The lowest BCUT2D eigenvalue weighted by atomic mass is 9.98. The van der Waals surface area contributed by atoms with Crippen LogP contribution in [0.3, 0.4) is 0 Å². The first kappa shape index (κ1) is 32.3. The van der Waals surface area contributed by atoms with Gasteiger partial charge in [-0.2, -0.15) is 0 Å². The minimum atomic E-state index is -0.323. The summed E-state index contributed by atoms with van der Waals surface area (Å²) in [5.74, 6) is -0.321. The van der Waals surface area contributed by atoms with Gasteiger partial charge >= 0.3 is 11.9 Å². The number of rotatable bonds is 6. The van der Waals surface area contributed by atoms with E-state index in [-0.39, 0.29) is 36.3 Å². The molecule has 0 radical (unpaired) electrons. The molecule has 0 aromatic carbocycles. The number of carbonyl (C=O) groups is 2. The Morgan fingerprint density at radius 1 is 0.630 bits per heavy atom. The van der Waals surface area contributed by atoms with Gasteiger partial charge in [-0.25, -0.2) is 9.97 Å². The molecule has 8 bridgehead atoms. The number of carbonyl (C=O) groups excluding carboxylic acids is 2. The van der Waals surface area contributed by atoms with E-state index in [9.17, 15) is 19.8 Å². The molecule has 4 N–H and O–H groups in total. The first-order chi connectivity index (χ1) is 21.8. The fraction of sp³-hybridized carbons (Fsp3) is 0.333. The Morgan fingerprint density at radius 3 is 1.43 bits per heavy atom. The number of methoxy groups -OCH3 is 2. The summed E-state index contributed by atoms with van der Waals surface area (Å²) >= 11 is 0. The van der Waals surface area contributed by atoms with Crippen molar-refractivity contribution in [1.29, 1.82) is 0 Å². The largest absolute Gasteiger partial charge is 0.512 e. The molecule has 0 fully saturated rings. The van der Waals surface area contributed by atoms with Crippen LogP contribution in [-0.4, -0.2) is 56.3 Å². The van der Waals surface area contributed by atoms with Crippen LogP contribution < -0.4 is 10.4 Å². The lowest BCUT2D eigenvalue weighted by Crippen LogP contribution is -2.06. The topological polar surface area (TPSA) is 150 Å². The minimum absolute atomic E-state index is 0.153. The van der Waals surface area contributed by atoms with Gasteiger partial charge in [0.1, 0.15) is 0 Å². The molecule has 2 aliphatic heterocycles. The Bertz CT molecular complexity index is 2140. The second kappa shape index (κ2) is 12.7. The van der Waals surface area contributed by atoms with Gasteiger partial charge in [0, 0.05) is 34.3 Å². The van der Waals surface area contributed by atoms with E-state index < -0.39 is 0 Å². The van der Waals surface area contributed by atoms with Crippen LogP contribution in [0.2, 0.25) is 0 Å². The van der Waals surface area contributed by atoms with Gasteiger partial charge < -0.3 is 29.7 Å². The molecule has 0 amide bonds. The Morgan fingerprint density at radius 2 is 1.02 bits per heavy atom. The summed E-state index contributed by atoms with van der Waals surface area (Å²) in [5.41, 5.74) is 10.9. The van der Waals surface area contributed by atoms with Crippen molar-refractivity contribution in [2.45, 2.75) is 67.2 Å². The fourth-order valence-corrected chi connectivity index (χ4v) is 6.33. The third-order valence-electron chi connectivity index (χ3n) is 8.87. The first-order valence-corrected chi connectivity index (χ1v) is 15.2. The second-order valence-corrected chi connectivity index (χ2v) is 11.8. The number of aliphatic hydroxyl groups excluding tert-OH is 2. The van der Waals surface area contributed by atoms with Gasteiger partial charge in [0.05, 0.1) is 59.5 Å². The average molecular weight is 625 g/mol. The number of fused-ring (bicyclic) bond motifs is 8. The highest BCUT2D eigenvalue weighted by Gasteiger charge is 2.23. The summed E-state index contributed by atoms with van der Waals surface area (Å²) in [5, 5.41) is 22.8. The van der Waals surface area contributed by atoms with Crippen LogP contribution in [0.1, 0.15) is 87.3 Å². The number of nitrogens with one attached hydrogen (secondary N) is 2. The number of aliphatic hydroxyl groups is 2. The summed E-state index contributed by atoms with van der Waals surface area (Å²) in [6.45, 7) is 11.1. The van der Waals surface area contributed by atoms with E-state index in [0.717, 1.165) is 44.5 Å². The summed E-state index contributed by atoms with van der Waals surface area (Å²) in [6.07, 6.45) is 1.19. The molecule has 0 aliphatic carbocycles. The third kappa shape index (κ3) is 5.94. The van der Waals surface area contributed by atoms with E-state index in [4.69, 9.17) is 19.4 Å². The summed E-state index contributed by atoms with van der Waals surface area (Å²) < 4.78 is 9.85. The van der Waals surface area contributed by atoms with Gasteiger partial charge in [-0.05, 0) is 112 Å². The fourth-order valence-electron chi connectivity index (χ4n) is 6.33. The zero-order chi connectivity index (χ0) is 33.4. The lowest BCUT2D eigenvalue weighted by Gasteiger charge is -2.06. The van der Waals surface area contributed by atoms with Crippen molar-refractivity contribution < 1.29 is 29.3 Å². The van der Waals surface area contributed by atoms with Crippen molar-refractivity contribution >= 4 is 67.8 Å². The van der Waals surface area contributed by atoms with Crippen molar-refractivity contribution in [3.63, 3.8) is 0 Å². The number of ether oxygens (including phenoxy) is 2. The van der Waals surface area contributed by atoms with Gasteiger partial charge in [0.25, 0.3) is 0 Å². The number of H-pyrrole nitrogens is 2. The van der Waals surface area contributed by atoms with Gasteiger partial charge in [0.2, 0.25) is 0 Å². The Labute approximate surface area is 266 Å². The van der Waals surface area contributed by atoms with Crippen LogP contribution in [0, 0.1) is 13.8 Å². The van der Waals surface area contributed by atoms with Gasteiger partial charge in [-0.15, -0.1) is 0 Å². The molecule has 10 heteroatoms. The Balaban J connectivity index is 1.95.